The number of anilines is 1. The molecule has 0 radical (unpaired) electrons. The molecule has 1 saturated heterocycles. The van der Waals surface area contributed by atoms with Crippen molar-refractivity contribution in [3.05, 3.63) is 66.6 Å². The van der Waals surface area contributed by atoms with Crippen molar-refractivity contribution < 1.29 is 22.7 Å². The van der Waals surface area contributed by atoms with Gasteiger partial charge in [0, 0.05) is 43.3 Å². The van der Waals surface area contributed by atoms with E-state index in [2.05, 4.69) is 21.5 Å². The Morgan fingerprint density at radius 1 is 1.19 bits per heavy atom. The summed E-state index contributed by atoms with van der Waals surface area (Å²) in [5.74, 6) is -2.71. The van der Waals surface area contributed by atoms with Crippen LogP contribution < -0.4 is 9.64 Å². The summed E-state index contributed by atoms with van der Waals surface area (Å²) in [4.78, 5) is 28.5. The minimum atomic E-state index is -1.08. The monoisotopic (exact) mass is 493 g/mol. The van der Waals surface area contributed by atoms with Crippen LogP contribution in [0.25, 0.3) is 32.9 Å². The second-order valence-electron chi connectivity index (χ2n) is 8.52. The first-order valence-corrected chi connectivity index (χ1v) is 11.3. The molecule has 1 amide bonds. The van der Waals surface area contributed by atoms with E-state index in [1.807, 2.05) is 4.90 Å². The number of ether oxygens (including phenoxy) is 1. The van der Waals surface area contributed by atoms with Crippen molar-refractivity contribution >= 4 is 33.4 Å². The van der Waals surface area contributed by atoms with Gasteiger partial charge in [-0.25, -0.2) is 13.2 Å². The molecule has 184 valence electrons. The van der Waals surface area contributed by atoms with Crippen LogP contribution in [-0.4, -0.2) is 59.0 Å². The van der Waals surface area contributed by atoms with Gasteiger partial charge in [-0.2, -0.15) is 9.97 Å². The van der Waals surface area contributed by atoms with Gasteiger partial charge < -0.3 is 14.5 Å². The quantitative estimate of drug-likeness (QED) is 0.382. The maximum absolute atomic E-state index is 16.0. The molecule has 2 aromatic carbocycles. The third-order valence-electron chi connectivity index (χ3n) is 6.55. The summed E-state index contributed by atoms with van der Waals surface area (Å²) in [7, 11) is 3.16. The Morgan fingerprint density at radius 3 is 2.75 bits per heavy atom. The molecule has 2 aromatic heterocycles. The number of carbonyl (C=O) groups excluding carboxylic acids is 1. The lowest BCUT2D eigenvalue weighted by Gasteiger charge is -2.27. The molecule has 1 fully saturated rings. The molecule has 1 unspecified atom stereocenters. The predicted octanol–water partition coefficient (Wildman–Crippen LogP) is 4.49. The van der Waals surface area contributed by atoms with E-state index in [9.17, 15) is 13.6 Å². The molecule has 1 aliphatic rings. The van der Waals surface area contributed by atoms with Gasteiger partial charge in [0.15, 0.2) is 17.5 Å². The standard InChI is InChI=1S/C26H22F3N5O2/c1-4-19(35)34-11-10-15(13-34)33(2)25-17-12-30-23(22(29)24(17)31-26(32-25)36-3)16-7-5-6-14-8-9-18(27)21(28)20(14)16/h4-9,12,15H,1,10-11,13H2,2-3H3. The molecule has 5 rings (SSSR count). The molecule has 7 nitrogen and oxygen atoms in total. The van der Waals surface area contributed by atoms with Gasteiger partial charge in [-0.3, -0.25) is 9.78 Å². The average molecular weight is 493 g/mol. The predicted molar refractivity (Wildman–Crippen MR) is 130 cm³/mol. The first-order chi connectivity index (χ1) is 17.3. The van der Waals surface area contributed by atoms with Crippen LogP contribution in [0.1, 0.15) is 6.42 Å². The summed E-state index contributed by atoms with van der Waals surface area (Å²) < 4.78 is 50.0. The van der Waals surface area contributed by atoms with Crippen molar-refractivity contribution in [1.29, 1.82) is 0 Å². The lowest BCUT2D eigenvalue weighted by molar-refractivity contribution is -0.125. The van der Waals surface area contributed by atoms with Crippen LogP contribution >= 0.6 is 0 Å². The molecule has 1 aliphatic heterocycles. The van der Waals surface area contributed by atoms with E-state index in [1.54, 1.807) is 24.1 Å². The van der Waals surface area contributed by atoms with Crippen molar-refractivity contribution in [3.63, 3.8) is 0 Å². The molecule has 0 saturated carbocycles. The number of hydrogen-bond acceptors (Lipinski definition) is 6. The number of carbonyl (C=O) groups is 1. The number of fused-ring (bicyclic) bond motifs is 2. The molecule has 10 heteroatoms. The van der Waals surface area contributed by atoms with Crippen molar-refractivity contribution in [1.82, 2.24) is 19.9 Å². The zero-order chi connectivity index (χ0) is 25.6. The minimum Gasteiger partial charge on any atom is -0.467 e. The Balaban J connectivity index is 1.65. The first kappa shape index (κ1) is 23.5. The third kappa shape index (κ3) is 3.78. The highest BCUT2D eigenvalue weighted by atomic mass is 19.2. The van der Waals surface area contributed by atoms with Crippen LogP contribution in [0.5, 0.6) is 6.01 Å². The molecule has 0 bridgehead atoms. The van der Waals surface area contributed by atoms with Gasteiger partial charge in [-0.15, -0.1) is 0 Å². The number of pyridine rings is 1. The SMILES string of the molecule is C=CC(=O)N1CCC(N(C)c2nc(OC)nc3c(F)c(-c4cccc5ccc(F)c(F)c45)ncc23)C1. The van der Waals surface area contributed by atoms with E-state index in [4.69, 9.17) is 4.74 Å². The Hall–Kier alpha value is -4.21. The zero-order valence-corrected chi connectivity index (χ0v) is 19.6. The molecule has 0 aliphatic carbocycles. The molecule has 4 aromatic rings. The van der Waals surface area contributed by atoms with E-state index in [0.29, 0.717) is 36.1 Å². The van der Waals surface area contributed by atoms with Crippen LogP contribution in [0.2, 0.25) is 0 Å². The van der Waals surface area contributed by atoms with Gasteiger partial charge in [0.05, 0.1) is 12.5 Å². The van der Waals surface area contributed by atoms with Crippen LogP contribution in [0.4, 0.5) is 19.0 Å². The number of hydrogen-bond donors (Lipinski definition) is 0. The molecule has 0 spiro atoms. The molecular formula is C26H22F3N5O2. The van der Waals surface area contributed by atoms with Crippen molar-refractivity contribution in [2.24, 2.45) is 0 Å². The average Bonchev–Trinajstić information content (AvgIpc) is 3.40. The highest BCUT2D eigenvalue weighted by Gasteiger charge is 2.30. The summed E-state index contributed by atoms with van der Waals surface area (Å²) in [6, 6.07) is 7.02. The van der Waals surface area contributed by atoms with E-state index >= 15 is 4.39 Å². The largest absolute Gasteiger partial charge is 0.467 e. The van der Waals surface area contributed by atoms with Crippen molar-refractivity contribution in [2.75, 3.05) is 32.1 Å². The first-order valence-electron chi connectivity index (χ1n) is 11.3. The number of likely N-dealkylation sites (tertiary alicyclic amines) is 1. The number of nitrogens with zero attached hydrogens (tertiary/aromatic N) is 5. The minimum absolute atomic E-state index is 0.0624. The smallest absolute Gasteiger partial charge is 0.318 e. The van der Waals surface area contributed by atoms with Crippen molar-refractivity contribution in [2.45, 2.75) is 12.5 Å². The summed E-state index contributed by atoms with van der Waals surface area (Å²) in [6.45, 7) is 4.54. The normalized spacial score (nSPS) is 15.5. The van der Waals surface area contributed by atoms with E-state index < -0.39 is 17.5 Å². The highest BCUT2D eigenvalue weighted by molar-refractivity contribution is 5.99. The fourth-order valence-corrected chi connectivity index (χ4v) is 4.64. The maximum atomic E-state index is 16.0. The van der Waals surface area contributed by atoms with Gasteiger partial charge in [-0.1, -0.05) is 30.8 Å². The molecule has 3 heterocycles. The van der Waals surface area contributed by atoms with Gasteiger partial charge in [0.2, 0.25) is 5.91 Å². The second-order valence-corrected chi connectivity index (χ2v) is 8.52. The van der Waals surface area contributed by atoms with Crippen LogP contribution in [0.15, 0.2) is 49.2 Å². The lowest BCUT2D eigenvalue weighted by atomic mass is 10.00. The lowest BCUT2D eigenvalue weighted by Crippen LogP contribution is -2.36. The Labute approximate surface area is 204 Å². The number of aromatic nitrogens is 3. The highest BCUT2D eigenvalue weighted by Crippen LogP contribution is 2.36. The fourth-order valence-electron chi connectivity index (χ4n) is 4.64. The summed E-state index contributed by atoms with van der Waals surface area (Å²) in [6.07, 6.45) is 3.36. The maximum Gasteiger partial charge on any atom is 0.318 e. The third-order valence-corrected chi connectivity index (χ3v) is 6.55. The zero-order valence-electron chi connectivity index (χ0n) is 19.6. The van der Waals surface area contributed by atoms with E-state index in [-0.39, 0.29) is 40.1 Å². The molecular weight excluding hydrogens is 471 g/mol. The molecule has 36 heavy (non-hydrogen) atoms. The number of methoxy groups -OCH3 is 1. The Bertz CT molecular complexity index is 1530. The van der Waals surface area contributed by atoms with Gasteiger partial charge in [0.1, 0.15) is 17.0 Å². The van der Waals surface area contributed by atoms with E-state index in [1.165, 1.54) is 31.5 Å². The number of likely N-dealkylation sites (N-methyl/N-ethyl adjacent to an activating group) is 1. The van der Waals surface area contributed by atoms with Gasteiger partial charge in [-0.05, 0) is 23.9 Å². The Morgan fingerprint density at radius 2 is 2.00 bits per heavy atom. The van der Waals surface area contributed by atoms with Crippen LogP contribution in [0.3, 0.4) is 0 Å². The van der Waals surface area contributed by atoms with Crippen LogP contribution in [-0.2, 0) is 4.79 Å². The Kier molecular flexibility index (Phi) is 5.95. The fraction of sp³-hybridized carbons (Fsp3) is 0.231. The second kappa shape index (κ2) is 9.10. The van der Waals surface area contributed by atoms with E-state index in [0.717, 1.165) is 6.07 Å². The number of benzene rings is 2. The summed E-state index contributed by atoms with van der Waals surface area (Å²) in [5, 5.41) is 0.660. The number of halogens is 3. The number of rotatable bonds is 5. The number of amides is 1. The van der Waals surface area contributed by atoms with Crippen molar-refractivity contribution in [3.8, 4) is 17.3 Å². The molecule has 0 N–H and O–H groups in total. The topological polar surface area (TPSA) is 71.5 Å². The van der Waals surface area contributed by atoms with Gasteiger partial charge >= 0.3 is 6.01 Å². The summed E-state index contributed by atoms with van der Waals surface area (Å²) in [5.41, 5.74) is -0.138. The molecule has 1 atom stereocenters. The van der Waals surface area contributed by atoms with Crippen LogP contribution in [0, 0.1) is 17.5 Å². The summed E-state index contributed by atoms with van der Waals surface area (Å²) >= 11 is 0. The van der Waals surface area contributed by atoms with Gasteiger partial charge in [0.25, 0.3) is 0 Å².